The fourth-order valence-electron chi connectivity index (χ4n) is 3.41. The van der Waals surface area contributed by atoms with Crippen molar-refractivity contribution in [3.8, 4) is 11.3 Å². The lowest BCUT2D eigenvalue weighted by molar-refractivity contribution is 0.275. The third-order valence-electron chi connectivity index (χ3n) is 4.81. The van der Waals surface area contributed by atoms with Crippen LogP contribution in [0.3, 0.4) is 0 Å². The van der Waals surface area contributed by atoms with E-state index in [2.05, 4.69) is 51.3 Å². The molecule has 6 heteroatoms. The van der Waals surface area contributed by atoms with Crippen LogP contribution < -0.4 is 4.90 Å². The molecule has 0 aliphatic carbocycles. The van der Waals surface area contributed by atoms with Crippen molar-refractivity contribution in [2.45, 2.75) is 13.2 Å². The number of benzene rings is 2. The molecule has 0 spiro atoms. The number of aliphatic hydroxyl groups is 1. The first-order chi connectivity index (χ1) is 13.1. The molecule has 0 fully saturated rings. The minimum absolute atomic E-state index is 0.100. The summed E-state index contributed by atoms with van der Waals surface area (Å²) in [5.41, 5.74) is 5.91. The highest BCUT2D eigenvalue weighted by molar-refractivity contribution is 6.30. The van der Waals surface area contributed by atoms with E-state index in [1.54, 1.807) is 6.07 Å². The highest BCUT2D eigenvalue weighted by Gasteiger charge is 2.20. The van der Waals surface area contributed by atoms with Crippen molar-refractivity contribution in [1.82, 2.24) is 15.1 Å². The van der Waals surface area contributed by atoms with Gasteiger partial charge in [0.25, 0.3) is 0 Å². The minimum atomic E-state index is -0.100. The van der Waals surface area contributed by atoms with Crippen molar-refractivity contribution in [3.05, 3.63) is 70.9 Å². The van der Waals surface area contributed by atoms with E-state index < -0.39 is 0 Å². The molecule has 1 N–H and O–H groups in total. The molecule has 0 saturated carbocycles. The molecule has 5 nitrogen and oxygen atoms in total. The van der Waals surface area contributed by atoms with Gasteiger partial charge in [0, 0.05) is 41.6 Å². The van der Waals surface area contributed by atoms with E-state index in [9.17, 15) is 0 Å². The van der Waals surface area contributed by atoms with Crippen LogP contribution in [-0.2, 0) is 13.2 Å². The van der Waals surface area contributed by atoms with Crippen molar-refractivity contribution in [1.29, 1.82) is 0 Å². The van der Waals surface area contributed by atoms with E-state index in [1.165, 1.54) is 11.3 Å². The Labute approximate surface area is 163 Å². The van der Waals surface area contributed by atoms with Crippen LogP contribution in [0.1, 0.15) is 11.3 Å². The second kappa shape index (κ2) is 7.64. The summed E-state index contributed by atoms with van der Waals surface area (Å²) in [6.45, 7) is 2.62. The maximum absolute atomic E-state index is 9.15. The molecule has 0 saturated heterocycles. The van der Waals surface area contributed by atoms with Crippen LogP contribution in [0.25, 0.3) is 11.3 Å². The number of hydrogen-bond acceptors (Lipinski definition) is 5. The van der Waals surface area contributed by atoms with Crippen LogP contribution in [0.4, 0.5) is 11.4 Å². The molecule has 4 rings (SSSR count). The van der Waals surface area contributed by atoms with E-state index in [4.69, 9.17) is 16.7 Å². The standard InChI is InChI=1S/C21H21ClN4O/c1-25-9-10-26(19-4-2-3-17(22)12-19)21-8-5-15(11-16(21)13-25)20-7-6-18(14-27)23-24-20/h2-8,11-12,27H,9-10,13-14H2,1H3. The van der Waals surface area contributed by atoms with E-state index in [1.807, 2.05) is 24.3 Å². The molecule has 3 aromatic rings. The SMILES string of the molecule is CN1CCN(c2cccc(Cl)c2)c2ccc(-c3ccc(CO)nn3)cc2C1. The molecule has 0 bridgehead atoms. The summed E-state index contributed by atoms with van der Waals surface area (Å²) < 4.78 is 0. The summed E-state index contributed by atoms with van der Waals surface area (Å²) >= 11 is 6.22. The summed E-state index contributed by atoms with van der Waals surface area (Å²) in [4.78, 5) is 4.63. The van der Waals surface area contributed by atoms with Crippen molar-refractivity contribution >= 4 is 23.0 Å². The molecule has 0 radical (unpaired) electrons. The molecule has 2 aromatic carbocycles. The highest BCUT2D eigenvalue weighted by atomic mass is 35.5. The average molecular weight is 381 g/mol. The molecule has 0 atom stereocenters. The Hall–Kier alpha value is -2.47. The van der Waals surface area contributed by atoms with Gasteiger partial charge in [-0.25, -0.2) is 0 Å². The number of likely N-dealkylation sites (N-methyl/N-ethyl adjacent to an activating group) is 1. The maximum atomic E-state index is 9.15. The first kappa shape index (κ1) is 17.9. The summed E-state index contributed by atoms with van der Waals surface area (Å²) in [7, 11) is 2.13. The van der Waals surface area contributed by atoms with Gasteiger partial charge in [0.15, 0.2) is 0 Å². The summed E-state index contributed by atoms with van der Waals surface area (Å²) in [5.74, 6) is 0. The van der Waals surface area contributed by atoms with E-state index in [0.717, 1.165) is 41.6 Å². The van der Waals surface area contributed by atoms with Gasteiger partial charge in [-0.3, -0.25) is 0 Å². The zero-order chi connectivity index (χ0) is 18.8. The molecule has 1 aliphatic heterocycles. The van der Waals surface area contributed by atoms with Gasteiger partial charge in [-0.05, 0) is 55.1 Å². The van der Waals surface area contributed by atoms with Gasteiger partial charge in [-0.1, -0.05) is 23.7 Å². The Morgan fingerprint density at radius 1 is 1.04 bits per heavy atom. The Balaban J connectivity index is 1.75. The number of aliphatic hydroxyl groups excluding tert-OH is 1. The number of anilines is 2. The molecule has 0 amide bonds. The lowest BCUT2D eigenvalue weighted by Crippen LogP contribution is -2.26. The highest BCUT2D eigenvalue weighted by Crippen LogP contribution is 2.34. The zero-order valence-corrected chi connectivity index (χ0v) is 15.9. The maximum Gasteiger partial charge on any atom is 0.0930 e. The Bertz CT molecular complexity index is 945. The first-order valence-electron chi connectivity index (χ1n) is 8.92. The lowest BCUT2D eigenvalue weighted by Gasteiger charge is -2.25. The molecular formula is C21H21ClN4O. The van der Waals surface area contributed by atoms with Crippen molar-refractivity contribution in [2.75, 3.05) is 25.0 Å². The van der Waals surface area contributed by atoms with E-state index >= 15 is 0 Å². The first-order valence-corrected chi connectivity index (χ1v) is 9.30. The normalized spacial score (nSPS) is 14.7. The second-order valence-electron chi connectivity index (χ2n) is 6.78. The molecule has 27 heavy (non-hydrogen) atoms. The number of halogens is 1. The van der Waals surface area contributed by atoms with Gasteiger partial charge in [0.05, 0.1) is 18.0 Å². The van der Waals surface area contributed by atoms with Gasteiger partial charge >= 0.3 is 0 Å². The van der Waals surface area contributed by atoms with Gasteiger partial charge in [0.1, 0.15) is 0 Å². The number of rotatable bonds is 3. The van der Waals surface area contributed by atoms with Crippen LogP contribution in [-0.4, -0.2) is 40.3 Å². The largest absolute Gasteiger partial charge is 0.390 e. The van der Waals surface area contributed by atoms with Crippen molar-refractivity contribution < 1.29 is 5.11 Å². The summed E-state index contributed by atoms with van der Waals surface area (Å²) in [6.07, 6.45) is 0. The van der Waals surface area contributed by atoms with E-state index in [-0.39, 0.29) is 6.61 Å². The number of fused-ring (bicyclic) bond motifs is 1. The third kappa shape index (κ3) is 3.81. The smallest absolute Gasteiger partial charge is 0.0930 e. The monoisotopic (exact) mass is 380 g/mol. The topological polar surface area (TPSA) is 52.5 Å². The number of hydrogen-bond donors (Lipinski definition) is 1. The van der Waals surface area contributed by atoms with E-state index in [0.29, 0.717) is 5.69 Å². The molecule has 1 aromatic heterocycles. The third-order valence-corrected chi connectivity index (χ3v) is 5.05. The zero-order valence-electron chi connectivity index (χ0n) is 15.1. The van der Waals surface area contributed by atoms with Crippen LogP contribution in [0.2, 0.25) is 5.02 Å². The Morgan fingerprint density at radius 2 is 1.93 bits per heavy atom. The minimum Gasteiger partial charge on any atom is -0.390 e. The van der Waals surface area contributed by atoms with Crippen LogP contribution >= 0.6 is 11.6 Å². The summed E-state index contributed by atoms with van der Waals surface area (Å²) in [6, 6.07) is 18.1. The van der Waals surface area contributed by atoms with Gasteiger partial charge < -0.3 is 14.9 Å². The summed E-state index contributed by atoms with van der Waals surface area (Å²) in [5, 5.41) is 18.2. The number of aromatic nitrogens is 2. The molecular weight excluding hydrogens is 360 g/mol. The van der Waals surface area contributed by atoms with Crippen molar-refractivity contribution in [3.63, 3.8) is 0 Å². The molecule has 2 heterocycles. The average Bonchev–Trinajstić information content (AvgIpc) is 2.85. The van der Waals surface area contributed by atoms with Gasteiger partial charge in [-0.15, -0.1) is 0 Å². The molecule has 0 unspecified atom stereocenters. The lowest BCUT2D eigenvalue weighted by atomic mass is 10.0. The van der Waals surface area contributed by atoms with Crippen molar-refractivity contribution in [2.24, 2.45) is 0 Å². The molecule has 138 valence electrons. The fraction of sp³-hybridized carbons (Fsp3) is 0.238. The van der Waals surface area contributed by atoms with Crippen LogP contribution in [0.15, 0.2) is 54.6 Å². The number of nitrogens with zero attached hydrogens (tertiary/aromatic N) is 4. The fourth-order valence-corrected chi connectivity index (χ4v) is 3.59. The quantitative estimate of drug-likeness (QED) is 0.747. The predicted molar refractivity (Wildman–Crippen MR) is 108 cm³/mol. The van der Waals surface area contributed by atoms with Crippen LogP contribution in [0.5, 0.6) is 0 Å². The van der Waals surface area contributed by atoms with Gasteiger partial charge in [0.2, 0.25) is 0 Å². The second-order valence-corrected chi connectivity index (χ2v) is 7.22. The predicted octanol–water partition coefficient (Wildman–Crippen LogP) is 3.87. The Morgan fingerprint density at radius 3 is 2.67 bits per heavy atom. The van der Waals surface area contributed by atoms with Gasteiger partial charge in [-0.2, -0.15) is 10.2 Å². The Kier molecular flexibility index (Phi) is 5.07. The van der Waals surface area contributed by atoms with Crippen LogP contribution in [0, 0.1) is 0 Å². The molecule has 1 aliphatic rings.